The molecule has 0 saturated heterocycles. The summed E-state index contributed by atoms with van der Waals surface area (Å²) in [5, 5.41) is -0.132. The van der Waals surface area contributed by atoms with Crippen LogP contribution >= 0.6 is 11.6 Å². The van der Waals surface area contributed by atoms with Gasteiger partial charge < -0.3 is 5.73 Å². The topological polar surface area (TPSA) is 60.2 Å². The van der Waals surface area contributed by atoms with E-state index in [1.54, 1.807) is 18.2 Å². The zero-order chi connectivity index (χ0) is 14.2. The van der Waals surface area contributed by atoms with Crippen LogP contribution in [0.5, 0.6) is 0 Å². The molecule has 1 saturated carbocycles. The molecular weight excluding hydrogens is 282 g/mol. The Bertz CT molecular complexity index is 551. The maximum Gasteiger partial charge on any atom is 0.184 e. The molecule has 0 bridgehead atoms. The molecule has 1 aliphatic carbocycles. The van der Waals surface area contributed by atoms with Crippen LogP contribution in [0.4, 0.5) is 5.69 Å². The molecule has 5 heteroatoms. The van der Waals surface area contributed by atoms with Gasteiger partial charge in [0.15, 0.2) is 9.84 Å². The van der Waals surface area contributed by atoms with Crippen LogP contribution in [-0.4, -0.2) is 13.7 Å². The smallest absolute Gasteiger partial charge is 0.184 e. The number of hydrogen-bond acceptors (Lipinski definition) is 3. The van der Waals surface area contributed by atoms with Crippen molar-refractivity contribution in [1.29, 1.82) is 0 Å². The highest BCUT2D eigenvalue weighted by atomic mass is 35.5. The molecule has 1 aromatic carbocycles. The van der Waals surface area contributed by atoms with Gasteiger partial charge in [-0.2, -0.15) is 0 Å². The Morgan fingerprint density at radius 1 is 1.21 bits per heavy atom. The molecular formula is C14H20ClNO2S. The Hall–Kier alpha value is -0.740. The predicted molar refractivity (Wildman–Crippen MR) is 79.0 cm³/mol. The van der Waals surface area contributed by atoms with Crippen molar-refractivity contribution in [2.45, 2.75) is 43.3 Å². The first-order valence-corrected chi connectivity index (χ1v) is 8.54. The lowest BCUT2D eigenvalue weighted by atomic mass is 9.81. The minimum atomic E-state index is -3.44. The van der Waals surface area contributed by atoms with E-state index in [-0.39, 0.29) is 20.9 Å². The third-order valence-corrected chi connectivity index (χ3v) is 7.03. The molecule has 2 rings (SSSR count). The lowest BCUT2D eigenvalue weighted by Crippen LogP contribution is -2.31. The van der Waals surface area contributed by atoms with Gasteiger partial charge in [-0.05, 0) is 43.2 Å². The van der Waals surface area contributed by atoms with Crippen LogP contribution in [-0.2, 0) is 9.84 Å². The van der Waals surface area contributed by atoms with Gasteiger partial charge in [-0.1, -0.05) is 31.5 Å². The van der Waals surface area contributed by atoms with Crippen molar-refractivity contribution in [3.05, 3.63) is 23.2 Å². The largest absolute Gasteiger partial charge is 0.398 e. The van der Waals surface area contributed by atoms with Gasteiger partial charge >= 0.3 is 0 Å². The first-order chi connectivity index (χ1) is 8.84. The van der Waals surface area contributed by atoms with E-state index in [1.807, 2.05) is 0 Å². The Labute approximate surface area is 120 Å². The lowest BCUT2D eigenvalue weighted by Gasteiger charge is -2.32. The number of benzene rings is 1. The number of nitrogen functional groups attached to an aromatic ring is 1. The summed E-state index contributed by atoms with van der Waals surface area (Å²) in [5.74, 6) is 0.993. The van der Waals surface area contributed by atoms with Crippen molar-refractivity contribution < 1.29 is 8.42 Å². The third kappa shape index (κ3) is 2.75. The van der Waals surface area contributed by atoms with E-state index in [0.717, 1.165) is 6.42 Å². The number of rotatable bonds is 2. The summed E-state index contributed by atoms with van der Waals surface area (Å²) in [5.41, 5.74) is 6.06. The van der Waals surface area contributed by atoms with Crippen LogP contribution in [0, 0.1) is 11.8 Å². The standard InChI is InChI=1S/C14H20ClNO2S/c1-9-6-7-11(8-10(9)2)19(17,18)14-12(15)4-3-5-13(14)16/h3-5,9-11H,6-8,16H2,1-2H3. The lowest BCUT2D eigenvalue weighted by molar-refractivity contribution is 0.278. The van der Waals surface area contributed by atoms with E-state index in [1.165, 1.54) is 0 Å². The SMILES string of the molecule is CC1CCC(S(=O)(=O)c2c(N)cccc2Cl)CC1C. The van der Waals surface area contributed by atoms with Crippen molar-refractivity contribution in [3.8, 4) is 0 Å². The Morgan fingerprint density at radius 3 is 2.47 bits per heavy atom. The van der Waals surface area contributed by atoms with Gasteiger partial charge in [-0.15, -0.1) is 0 Å². The molecule has 106 valence electrons. The quantitative estimate of drug-likeness (QED) is 0.850. The van der Waals surface area contributed by atoms with Gasteiger partial charge in [-0.3, -0.25) is 0 Å². The van der Waals surface area contributed by atoms with Crippen LogP contribution < -0.4 is 5.73 Å². The number of nitrogens with two attached hydrogens (primary N) is 1. The van der Waals surface area contributed by atoms with Gasteiger partial charge in [0.25, 0.3) is 0 Å². The maximum absolute atomic E-state index is 12.7. The molecule has 0 amide bonds. The molecule has 19 heavy (non-hydrogen) atoms. The van der Waals surface area contributed by atoms with Gasteiger partial charge in [0.2, 0.25) is 0 Å². The second-order valence-electron chi connectivity index (χ2n) is 5.59. The summed E-state index contributed by atoms with van der Waals surface area (Å²) in [6, 6.07) is 4.84. The second-order valence-corrected chi connectivity index (χ2v) is 8.16. The number of hydrogen-bond donors (Lipinski definition) is 1. The minimum Gasteiger partial charge on any atom is -0.398 e. The first kappa shape index (κ1) is 14.7. The van der Waals surface area contributed by atoms with E-state index in [9.17, 15) is 8.42 Å². The predicted octanol–water partition coefficient (Wildman–Crippen LogP) is 3.52. The molecule has 1 aromatic rings. The van der Waals surface area contributed by atoms with Crippen molar-refractivity contribution in [2.75, 3.05) is 5.73 Å². The van der Waals surface area contributed by atoms with Crippen LogP contribution in [0.3, 0.4) is 0 Å². The fourth-order valence-electron chi connectivity index (χ4n) is 2.77. The van der Waals surface area contributed by atoms with Crippen molar-refractivity contribution in [3.63, 3.8) is 0 Å². The van der Waals surface area contributed by atoms with Crippen LogP contribution in [0.15, 0.2) is 23.1 Å². The molecule has 1 aliphatic rings. The summed E-state index contributed by atoms with van der Waals surface area (Å²) in [7, 11) is -3.44. The van der Waals surface area contributed by atoms with Crippen LogP contribution in [0.25, 0.3) is 0 Å². The monoisotopic (exact) mass is 301 g/mol. The summed E-state index contributed by atoms with van der Waals surface area (Å²) in [6.45, 7) is 4.29. The fraction of sp³-hybridized carbons (Fsp3) is 0.571. The zero-order valence-corrected chi connectivity index (χ0v) is 12.8. The Balaban J connectivity index is 2.38. The summed E-state index contributed by atoms with van der Waals surface area (Å²) in [6.07, 6.45) is 2.32. The van der Waals surface area contributed by atoms with E-state index in [0.29, 0.717) is 24.7 Å². The van der Waals surface area contributed by atoms with Gasteiger partial charge in [-0.25, -0.2) is 8.42 Å². The summed E-state index contributed by atoms with van der Waals surface area (Å²) in [4.78, 5) is 0.114. The highest BCUT2D eigenvalue weighted by molar-refractivity contribution is 7.92. The fourth-order valence-corrected chi connectivity index (χ4v) is 5.35. The normalized spacial score (nSPS) is 28.3. The highest BCUT2D eigenvalue weighted by Crippen LogP contribution is 2.38. The van der Waals surface area contributed by atoms with Gasteiger partial charge in [0.05, 0.1) is 16.0 Å². The van der Waals surface area contributed by atoms with Crippen LogP contribution in [0.2, 0.25) is 5.02 Å². The molecule has 2 N–H and O–H groups in total. The third-order valence-electron chi connectivity index (χ3n) is 4.27. The van der Waals surface area contributed by atoms with Gasteiger partial charge in [0.1, 0.15) is 4.90 Å². The van der Waals surface area contributed by atoms with E-state index in [4.69, 9.17) is 17.3 Å². The molecule has 3 atom stereocenters. The Kier molecular flexibility index (Phi) is 4.11. The van der Waals surface area contributed by atoms with Crippen molar-refractivity contribution >= 4 is 27.1 Å². The van der Waals surface area contributed by atoms with Crippen LogP contribution in [0.1, 0.15) is 33.1 Å². The number of halogens is 1. The molecule has 3 unspecified atom stereocenters. The Morgan fingerprint density at radius 2 is 1.89 bits per heavy atom. The molecule has 0 spiro atoms. The maximum atomic E-state index is 12.7. The van der Waals surface area contributed by atoms with Crippen molar-refractivity contribution in [2.24, 2.45) is 11.8 Å². The number of sulfone groups is 1. The first-order valence-electron chi connectivity index (χ1n) is 6.62. The average molecular weight is 302 g/mol. The minimum absolute atomic E-state index is 0.114. The molecule has 0 heterocycles. The molecule has 0 aromatic heterocycles. The van der Waals surface area contributed by atoms with E-state index < -0.39 is 9.84 Å². The molecule has 0 aliphatic heterocycles. The van der Waals surface area contributed by atoms with E-state index >= 15 is 0 Å². The summed E-state index contributed by atoms with van der Waals surface area (Å²) < 4.78 is 25.4. The second kappa shape index (κ2) is 5.33. The van der Waals surface area contributed by atoms with E-state index in [2.05, 4.69) is 13.8 Å². The molecule has 1 fully saturated rings. The number of anilines is 1. The van der Waals surface area contributed by atoms with Crippen molar-refractivity contribution in [1.82, 2.24) is 0 Å². The molecule has 3 nitrogen and oxygen atoms in total. The molecule has 0 radical (unpaired) electrons. The zero-order valence-electron chi connectivity index (χ0n) is 11.3. The average Bonchev–Trinajstić information content (AvgIpc) is 2.32. The summed E-state index contributed by atoms with van der Waals surface area (Å²) >= 11 is 6.04. The highest BCUT2D eigenvalue weighted by Gasteiger charge is 2.36. The van der Waals surface area contributed by atoms with Gasteiger partial charge in [0, 0.05) is 0 Å².